The molecule has 1 rings (SSSR count). The Morgan fingerprint density at radius 1 is 1.36 bits per heavy atom. The van der Waals surface area contributed by atoms with Gasteiger partial charge in [0, 0.05) is 26.0 Å². The van der Waals surface area contributed by atoms with Crippen LogP contribution >= 0.6 is 0 Å². The second-order valence-electron chi connectivity index (χ2n) is 3.62. The molecule has 1 aromatic rings. The zero-order valence-electron chi connectivity index (χ0n) is 8.94. The highest BCUT2D eigenvalue weighted by Gasteiger charge is 2.04. The van der Waals surface area contributed by atoms with Crippen LogP contribution in [-0.4, -0.2) is 35.3 Å². The molecule has 4 heteroatoms. The number of anilines is 1. The number of rotatable bonds is 4. The van der Waals surface area contributed by atoms with Crippen molar-refractivity contribution >= 4 is 5.95 Å². The van der Waals surface area contributed by atoms with Crippen LogP contribution in [0.1, 0.15) is 25.3 Å². The van der Waals surface area contributed by atoms with Crippen molar-refractivity contribution < 1.29 is 5.11 Å². The normalized spacial score (nSPS) is 10.6. The van der Waals surface area contributed by atoms with E-state index < -0.39 is 0 Å². The van der Waals surface area contributed by atoms with E-state index in [-0.39, 0.29) is 6.61 Å². The lowest BCUT2D eigenvalue weighted by Gasteiger charge is -2.15. The topological polar surface area (TPSA) is 49.2 Å². The highest BCUT2D eigenvalue weighted by Crippen LogP contribution is 2.13. The van der Waals surface area contributed by atoms with E-state index in [1.165, 1.54) is 0 Å². The Bertz CT molecular complexity index is 271. The summed E-state index contributed by atoms with van der Waals surface area (Å²) in [6.45, 7) is 4.89. The number of aromatic nitrogens is 2. The van der Waals surface area contributed by atoms with Crippen LogP contribution in [0.5, 0.6) is 0 Å². The van der Waals surface area contributed by atoms with E-state index in [9.17, 15) is 0 Å². The van der Waals surface area contributed by atoms with Gasteiger partial charge in [0.05, 0.1) is 6.61 Å². The number of hydrogen-bond acceptors (Lipinski definition) is 4. The number of hydrogen-bond donors (Lipinski definition) is 1. The fourth-order valence-electron chi connectivity index (χ4n) is 1.08. The number of aliphatic hydroxyl groups excluding tert-OH is 1. The van der Waals surface area contributed by atoms with E-state index in [4.69, 9.17) is 5.11 Å². The minimum absolute atomic E-state index is 0.117. The lowest BCUT2D eigenvalue weighted by Crippen LogP contribution is -2.23. The lowest BCUT2D eigenvalue weighted by atomic mass is 10.1. The van der Waals surface area contributed by atoms with Crippen LogP contribution in [0.3, 0.4) is 0 Å². The zero-order valence-corrected chi connectivity index (χ0v) is 8.94. The van der Waals surface area contributed by atoms with Gasteiger partial charge >= 0.3 is 0 Å². The average molecular weight is 195 g/mol. The van der Waals surface area contributed by atoms with Crippen molar-refractivity contribution in [3.63, 3.8) is 0 Å². The van der Waals surface area contributed by atoms with Gasteiger partial charge in [-0.25, -0.2) is 9.97 Å². The Balaban J connectivity index is 2.72. The van der Waals surface area contributed by atoms with E-state index in [0.29, 0.717) is 18.4 Å². The summed E-state index contributed by atoms with van der Waals surface area (Å²) < 4.78 is 0. The highest BCUT2D eigenvalue weighted by atomic mass is 16.3. The molecule has 0 aliphatic heterocycles. The maximum atomic E-state index is 8.74. The van der Waals surface area contributed by atoms with Gasteiger partial charge in [0.25, 0.3) is 0 Å². The van der Waals surface area contributed by atoms with Crippen molar-refractivity contribution in [1.29, 1.82) is 0 Å². The van der Waals surface area contributed by atoms with E-state index in [1.54, 1.807) is 0 Å². The lowest BCUT2D eigenvalue weighted by molar-refractivity contribution is 0.303. The third-order valence-corrected chi connectivity index (χ3v) is 2.10. The molecule has 0 atom stereocenters. The van der Waals surface area contributed by atoms with E-state index >= 15 is 0 Å². The summed E-state index contributed by atoms with van der Waals surface area (Å²) in [7, 11) is 1.86. The van der Waals surface area contributed by atoms with Crippen molar-refractivity contribution in [3.05, 3.63) is 18.0 Å². The van der Waals surface area contributed by atoms with Gasteiger partial charge in [-0.3, -0.25) is 0 Å². The van der Waals surface area contributed by atoms with E-state index in [2.05, 4.69) is 23.8 Å². The molecule has 14 heavy (non-hydrogen) atoms. The molecule has 0 aromatic carbocycles. The van der Waals surface area contributed by atoms with Gasteiger partial charge in [-0.2, -0.15) is 0 Å². The standard InChI is InChI=1S/C10H17N3O/c1-8(2)9-6-11-10(12-7-9)13(3)4-5-14/h6-8,14H,4-5H2,1-3H3. The Kier molecular flexibility index (Phi) is 3.83. The quantitative estimate of drug-likeness (QED) is 0.779. The Morgan fingerprint density at radius 3 is 2.36 bits per heavy atom. The van der Waals surface area contributed by atoms with Crippen molar-refractivity contribution in [2.45, 2.75) is 19.8 Å². The molecule has 0 aliphatic carbocycles. The van der Waals surface area contributed by atoms with Gasteiger partial charge in [0.2, 0.25) is 5.95 Å². The van der Waals surface area contributed by atoms with Crippen LogP contribution in [0.25, 0.3) is 0 Å². The molecular weight excluding hydrogens is 178 g/mol. The number of nitrogens with zero attached hydrogens (tertiary/aromatic N) is 3. The molecular formula is C10H17N3O. The molecule has 0 bridgehead atoms. The first-order valence-corrected chi connectivity index (χ1v) is 4.79. The smallest absolute Gasteiger partial charge is 0.225 e. The van der Waals surface area contributed by atoms with Gasteiger partial charge in [-0.05, 0) is 11.5 Å². The van der Waals surface area contributed by atoms with Crippen LogP contribution in [0, 0.1) is 0 Å². The first kappa shape index (κ1) is 10.9. The summed E-state index contributed by atoms with van der Waals surface area (Å²) >= 11 is 0. The maximum Gasteiger partial charge on any atom is 0.225 e. The van der Waals surface area contributed by atoms with Gasteiger partial charge in [-0.1, -0.05) is 13.8 Å². The zero-order chi connectivity index (χ0) is 10.6. The third-order valence-electron chi connectivity index (χ3n) is 2.10. The average Bonchev–Trinajstić information content (AvgIpc) is 2.18. The van der Waals surface area contributed by atoms with Gasteiger partial charge in [0.1, 0.15) is 0 Å². The predicted molar refractivity (Wildman–Crippen MR) is 56.5 cm³/mol. The molecule has 0 saturated carbocycles. The molecule has 0 fully saturated rings. The van der Waals surface area contributed by atoms with Crippen molar-refractivity contribution in [3.8, 4) is 0 Å². The second-order valence-corrected chi connectivity index (χ2v) is 3.62. The minimum Gasteiger partial charge on any atom is -0.395 e. The van der Waals surface area contributed by atoms with Gasteiger partial charge < -0.3 is 10.0 Å². The predicted octanol–water partition coefficient (Wildman–Crippen LogP) is 1.03. The fourth-order valence-corrected chi connectivity index (χ4v) is 1.08. The molecule has 0 radical (unpaired) electrons. The largest absolute Gasteiger partial charge is 0.395 e. The van der Waals surface area contributed by atoms with Crippen molar-refractivity contribution in [1.82, 2.24) is 9.97 Å². The fraction of sp³-hybridized carbons (Fsp3) is 0.600. The summed E-state index contributed by atoms with van der Waals surface area (Å²) in [5.74, 6) is 1.11. The number of aliphatic hydroxyl groups is 1. The minimum atomic E-state index is 0.117. The summed E-state index contributed by atoms with van der Waals surface area (Å²) in [5.41, 5.74) is 1.13. The Hall–Kier alpha value is -1.16. The molecule has 1 aromatic heterocycles. The number of likely N-dealkylation sites (N-methyl/N-ethyl adjacent to an activating group) is 1. The molecule has 4 nitrogen and oxygen atoms in total. The Labute approximate surface area is 84.6 Å². The van der Waals surface area contributed by atoms with Crippen LogP contribution in [0.15, 0.2) is 12.4 Å². The molecule has 78 valence electrons. The van der Waals surface area contributed by atoms with Gasteiger partial charge in [-0.15, -0.1) is 0 Å². The third kappa shape index (κ3) is 2.67. The van der Waals surface area contributed by atoms with Crippen LogP contribution in [-0.2, 0) is 0 Å². The second kappa shape index (κ2) is 4.91. The van der Waals surface area contributed by atoms with E-state index in [1.807, 2.05) is 24.3 Å². The molecule has 1 N–H and O–H groups in total. The summed E-state index contributed by atoms with van der Waals surface area (Å²) in [6, 6.07) is 0. The molecule has 0 aliphatic rings. The summed E-state index contributed by atoms with van der Waals surface area (Å²) in [5, 5.41) is 8.74. The SMILES string of the molecule is CC(C)c1cnc(N(C)CCO)nc1. The molecule has 0 unspecified atom stereocenters. The molecule has 0 amide bonds. The first-order valence-electron chi connectivity index (χ1n) is 4.79. The van der Waals surface area contributed by atoms with Crippen molar-refractivity contribution in [2.75, 3.05) is 25.1 Å². The van der Waals surface area contributed by atoms with Gasteiger partial charge in [0.15, 0.2) is 0 Å². The van der Waals surface area contributed by atoms with Crippen LogP contribution in [0.2, 0.25) is 0 Å². The first-order chi connectivity index (χ1) is 6.65. The molecule has 0 saturated heterocycles. The summed E-state index contributed by atoms with van der Waals surface area (Å²) in [4.78, 5) is 10.3. The maximum absolute atomic E-state index is 8.74. The van der Waals surface area contributed by atoms with Crippen LogP contribution < -0.4 is 4.90 Å². The van der Waals surface area contributed by atoms with Crippen molar-refractivity contribution in [2.24, 2.45) is 0 Å². The van der Waals surface area contributed by atoms with E-state index in [0.717, 1.165) is 5.56 Å². The monoisotopic (exact) mass is 195 g/mol. The Morgan fingerprint density at radius 2 is 1.93 bits per heavy atom. The molecule has 0 spiro atoms. The molecule has 1 heterocycles. The summed E-state index contributed by atoms with van der Waals surface area (Å²) in [6.07, 6.45) is 3.67. The van der Waals surface area contributed by atoms with Crippen LogP contribution in [0.4, 0.5) is 5.95 Å². The highest BCUT2D eigenvalue weighted by molar-refractivity contribution is 5.28.